The lowest BCUT2D eigenvalue weighted by Crippen LogP contribution is -2.22. The van der Waals surface area contributed by atoms with Crippen LogP contribution >= 0.6 is 0 Å². The molecule has 0 spiro atoms. The van der Waals surface area contributed by atoms with Gasteiger partial charge in [0.1, 0.15) is 12.4 Å². The SMILES string of the molecule is CC(Cn1ccnc1)Nc1ncc([N+](=O)[O-])cn1. The second-order valence-electron chi connectivity index (χ2n) is 3.83. The molecule has 0 aliphatic rings. The summed E-state index contributed by atoms with van der Waals surface area (Å²) in [5, 5.41) is 13.5. The highest BCUT2D eigenvalue weighted by atomic mass is 16.6. The Labute approximate surface area is 103 Å². The van der Waals surface area contributed by atoms with Gasteiger partial charge in [0.25, 0.3) is 0 Å². The summed E-state index contributed by atoms with van der Waals surface area (Å²) in [6, 6.07) is 0.0839. The zero-order valence-corrected chi connectivity index (χ0v) is 9.72. The molecule has 1 atom stereocenters. The third kappa shape index (κ3) is 3.00. The largest absolute Gasteiger partial charge is 0.350 e. The van der Waals surface area contributed by atoms with Gasteiger partial charge in [0.05, 0.1) is 11.3 Å². The van der Waals surface area contributed by atoms with Crippen LogP contribution < -0.4 is 5.32 Å². The topological polar surface area (TPSA) is 98.8 Å². The van der Waals surface area contributed by atoms with E-state index >= 15 is 0 Å². The van der Waals surface area contributed by atoms with Crippen molar-refractivity contribution in [1.82, 2.24) is 19.5 Å². The molecule has 0 amide bonds. The lowest BCUT2D eigenvalue weighted by atomic mass is 10.3. The van der Waals surface area contributed by atoms with Crippen molar-refractivity contribution < 1.29 is 4.92 Å². The molecule has 1 N–H and O–H groups in total. The number of nitrogens with zero attached hydrogens (tertiary/aromatic N) is 5. The van der Waals surface area contributed by atoms with Gasteiger partial charge < -0.3 is 9.88 Å². The van der Waals surface area contributed by atoms with Gasteiger partial charge in [-0.25, -0.2) is 15.0 Å². The highest BCUT2D eigenvalue weighted by Gasteiger charge is 2.08. The number of aromatic nitrogens is 4. The Morgan fingerprint density at radius 1 is 1.50 bits per heavy atom. The Morgan fingerprint density at radius 2 is 2.22 bits per heavy atom. The van der Waals surface area contributed by atoms with Crippen molar-refractivity contribution in [3.05, 3.63) is 41.2 Å². The van der Waals surface area contributed by atoms with E-state index in [4.69, 9.17) is 0 Å². The summed E-state index contributed by atoms with van der Waals surface area (Å²) in [6.45, 7) is 2.67. The zero-order valence-electron chi connectivity index (χ0n) is 9.72. The second-order valence-corrected chi connectivity index (χ2v) is 3.83. The molecule has 0 aliphatic heterocycles. The van der Waals surface area contributed by atoms with E-state index in [1.807, 2.05) is 17.7 Å². The Balaban J connectivity index is 1.94. The molecule has 0 bridgehead atoms. The van der Waals surface area contributed by atoms with Gasteiger partial charge in [-0.15, -0.1) is 0 Å². The van der Waals surface area contributed by atoms with E-state index in [9.17, 15) is 10.1 Å². The van der Waals surface area contributed by atoms with Crippen LogP contribution in [-0.2, 0) is 6.54 Å². The standard InChI is InChI=1S/C10H12N6O2/c1-8(6-15-3-2-11-7-15)14-10-12-4-9(5-13-10)16(17)18/h2-5,7-8H,6H2,1H3,(H,12,13,14). The molecule has 0 aliphatic carbocycles. The van der Waals surface area contributed by atoms with E-state index < -0.39 is 4.92 Å². The van der Waals surface area contributed by atoms with Gasteiger partial charge in [-0.3, -0.25) is 10.1 Å². The van der Waals surface area contributed by atoms with Crippen LogP contribution in [0.4, 0.5) is 11.6 Å². The minimum absolute atomic E-state index is 0.0839. The third-order valence-corrected chi connectivity index (χ3v) is 2.27. The van der Waals surface area contributed by atoms with Crippen LogP contribution in [0.3, 0.4) is 0 Å². The van der Waals surface area contributed by atoms with Crippen LogP contribution in [-0.4, -0.2) is 30.5 Å². The van der Waals surface area contributed by atoms with Crippen LogP contribution in [0, 0.1) is 10.1 Å². The molecule has 94 valence electrons. The molecule has 0 radical (unpaired) electrons. The summed E-state index contributed by atoms with van der Waals surface area (Å²) in [6.07, 6.45) is 7.64. The van der Waals surface area contributed by atoms with Crippen molar-refractivity contribution in [2.24, 2.45) is 0 Å². The van der Waals surface area contributed by atoms with Gasteiger partial charge in [-0.1, -0.05) is 0 Å². The maximum Gasteiger partial charge on any atom is 0.305 e. The molecule has 1 unspecified atom stereocenters. The summed E-state index contributed by atoms with van der Waals surface area (Å²) in [5.41, 5.74) is -0.122. The molecule has 0 saturated carbocycles. The molecule has 0 saturated heterocycles. The number of hydrogen-bond donors (Lipinski definition) is 1. The smallest absolute Gasteiger partial charge is 0.305 e. The minimum Gasteiger partial charge on any atom is -0.350 e. The Bertz CT molecular complexity index is 510. The molecule has 2 aromatic heterocycles. The molecule has 0 aromatic carbocycles. The summed E-state index contributed by atoms with van der Waals surface area (Å²) in [4.78, 5) is 21.6. The number of nitro groups is 1. The van der Waals surface area contributed by atoms with Gasteiger partial charge >= 0.3 is 5.69 Å². The molecular weight excluding hydrogens is 236 g/mol. The van der Waals surface area contributed by atoms with Crippen molar-refractivity contribution in [1.29, 1.82) is 0 Å². The van der Waals surface area contributed by atoms with Crippen molar-refractivity contribution >= 4 is 11.6 Å². The summed E-state index contributed by atoms with van der Waals surface area (Å²) in [7, 11) is 0. The van der Waals surface area contributed by atoms with Gasteiger partial charge in [-0.05, 0) is 6.92 Å². The van der Waals surface area contributed by atoms with Crippen LogP contribution in [0.1, 0.15) is 6.92 Å². The van der Waals surface area contributed by atoms with E-state index in [0.717, 1.165) is 0 Å². The van der Waals surface area contributed by atoms with E-state index in [1.165, 1.54) is 12.4 Å². The molecule has 2 rings (SSSR count). The van der Waals surface area contributed by atoms with Crippen LogP contribution in [0.15, 0.2) is 31.1 Å². The van der Waals surface area contributed by atoms with Crippen LogP contribution in [0.2, 0.25) is 0 Å². The first-order chi connectivity index (χ1) is 8.65. The van der Waals surface area contributed by atoms with Gasteiger partial charge in [-0.2, -0.15) is 0 Å². The van der Waals surface area contributed by atoms with Crippen molar-refractivity contribution in [3.63, 3.8) is 0 Å². The van der Waals surface area contributed by atoms with Crippen LogP contribution in [0.5, 0.6) is 0 Å². The van der Waals surface area contributed by atoms with Crippen molar-refractivity contribution in [2.45, 2.75) is 19.5 Å². The minimum atomic E-state index is -0.529. The lowest BCUT2D eigenvalue weighted by molar-refractivity contribution is -0.385. The Morgan fingerprint density at radius 3 is 2.78 bits per heavy atom. The summed E-state index contributed by atoms with van der Waals surface area (Å²) >= 11 is 0. The van der Waals surface area contributed by atoms with Gasteiger partial charge in [0.2, 0.25) is 5.95 Å². The van der Waals surface area contributed by atoms with Gasteiger partial charge in [0, 0.05) is 25.0 Å². The average Bonchev–Trinajstić information content (AvgIpc) is 2.82. The number of nitrogens with one attached hydrogen (secondary N) is 1. The fraction of sp³-hybridized carbons (Fsp3) is 0.300. The molecule has 8 heteroatoms. The summed E-state index contributed by atoms with van der Waals surface area (Å²) < 4.78 is 1.92. The van der Waals surface area contributed by atoms with E-state index in [-0.39, 0.29) is 11.7 Å². The lowest BCUT2D eigenvalue weighted by Gasteiger charge is -2.13. The molecule has 0 fully saturated rings. The molecule has 8 nitrogen and oxygen atoms in total. The monoisotopic (exact) mass is 248 g/mol. The molecule has 2 aromatic rings. The van der Waals surface area contributed by atoms with Crippen LogP contribution in [0.25, 0.3) is 0 Å². The third-order valence-electron chi connectivity index (χ3n) is 2.27. The zero-order chi connectivity index (χ0) is 13.0. The molecule has 18 heavy (non-hydrogen) atoms. The van der Waals surface area contributed by atoms with Crippen molar-refractivity contribution in [2.75, 3.05) is 5.32 Å². The quantitative estimate of drug-likeness (QED) is 0.628. The Hall–Kier alpha value is -2.51. The fourth-order valence-electron chi connectivity index (χ4n) is 1.47. The normalized spacial score (nSPS) is 12.1. The average molecular weight is 248 g/mol. The van der Waals surface area contributed by atoms with Gasteiger partial charge in [0.15, 0.2) is 0 Å². The Kier molecular flexibility index (Phi) is 3.46. The fourth-order valence-corrected chi connectivity index (χ4v) is 1.47. The maximum atomic E-state index is 10.4. The van der Waals surface area contributed by atoms with E-state index in [2.05, 4.69) is 20.3 Å². The number of rotatable bonds is 5. The second kappa shape index (κ2) is 5.21. The van der Waals surface area contributed by atoms with E-state index in [1.54, 1.807) is 12.5 Å². The highest BCUT2D eigenvalue weighted by molar-refractivity contribution is 5.31. The van der Waals surface area contributed by atoms with E-state index in [0.29, 0.717) is 12.5 Å². The predicted octanol–water partition coefficient (Wildman–Crippen LogP) is 1.08. The first-order valence-corrected chi connectivity index (χ1v) is 5.34. The maximum absolute atomic E-state index is 10.4. The number of anilines is 1. The predicted molar refractivity (Wildman–Crippen MR) is 64.0 cm³/mol. The first-order valence-electron chi connectivity index (χ1n) is 5.34. The van der Waals surface area contributed by atoms with Crippen molar-refractivity contribution in [3.8, 4) is 0 Å². The number of hydrogen-bond acceptors (Lipinski definition) is 6. The highest BCUT2D eigenvalue weighted by Crippen LogP contribution is 2.09. The molecule has 2 heterocycles. The summed E-state index contributed by atoms with van der Waals surface area (Å²) in [5.74, 6) is 0.369. The first kappa shape index (κ1) is 12.0. The number of imidazole rings is 1. The molecular formula is C10H12N6O2.